The van der Waals surface area contributed by atoms with Crippen LogP contribution in [0.15, 0.2) is 48.5 Å². The highest BCUT2D eigenvalue weighted by Gasteiger charge is 2.15. The van der Waals surface area contributed by atoms with E-state index in [0.717, 1.165) is 5.56 Å². The van der Waals surface area contributed by atoms with Gasteiger partial charge in [-0.05, 0) is 50.6 Å². The van der Waals surface area contributed by atoms with E-state index in [1.807, 2.05) is 0 Å². The van der Waals surface area contributed by atoms with Crippen LogP contribution in [0.2, 0.25) is 0 Å². The Morgan fingerprint density at radius 3 is 2.35 bits per heavy atom. The lowest BCUT2D eigenvalue weighted by Gasteiger charge is -2.19. The quantitative estimate of drug-likeness (QED) is 0.893. The molecule has 4 nitrogen and oxygen atoms in total. The van der Waals surface area contributed by atoms with Gasteiger partial charge in [0, 0.05) is 6.54 Å². The molecule has 0 bridgehead atoms. The van der Waals surface area contributed by atoms with Crippen molar-refractivity contribution < 1.29 is 18.7 Å². The maximum absolute atomic E-state index is 13.5. The van der Waals surface area contributed by atoms with Crippen LogP contribution in [-0.4, -0.2) is 11.7 Å². The summed E-state index contributed by atoms with van der Waals surface area (Å²) in [7, 11) is 0. The molecule has 1 amide bonds. The van der Waals surface area contributed by atoms with Crippen molar-refractivity contribution in [3.05, 3.63) is 59.9 Å². The van der Waals surface area contributed by atoms with Gasteiger partial charge < -0.3 is 14.8 Å². The van der Waals surface area contributed by atoms with E-state index in [0.29, 0.717) is 12.3 Å². The van der Waals surface area contributed by atoms with Crippen LogP contribution in [0.3, 0.4) is 0 Å². The fourth-order valence-electron chi connectivity index (χ4n) is 1.82. The first-order chi connectivity index (χ1) is 10.8. The van der Waals surface area contributed by atoms with Crippen molar-refractivity contribution in [2.45, 2.75) is 32.9 Å². The first-order valence-electron chi connectivity index (χ1n) is 7.32. The lowest BCUT2D eigenvalue weighted by Crippen LogP contribution is -2.32. The zero-order valence-electron chi connectivity index (χ0n) is 13.4. The third-order valence-electron chi connectivity index (χ3n) is 2.82. The van der Waals surface area contributed by atoms with E-state index in [1.165, 1.54) is 6.07 Å². The number of halogens is 1. The summed E-state index contributed by atoms with van der Waals surface area (Å²) in [6.45, 7) is 5.76. The lowest BCUT2D eigenvalue weighted by molar-refractivity contribution is 0.0523. The SMILES string of the molecule is CC(C)(C)OC(=O)NCc1ccc(Oc2ccccc2F)cc1. The van der Waals surface area contributed by atoms with Crippen molar-refractivity contribution in [2.24, 2.45) is 0 Å². The predicted molar refractivity (Wildman–Crippen MR) is 86.0 cm³/mol. The molecule has 0 aliphatic rings. The zero-order valence-corrected chi connectivity index (χ0v) is 13.4. The fraction of sp³-hybridized carbons (Fsp3) is 0.278. The van der Waals surface area contributed by atoms with Gasteiger partial charge in [0.15, 0.2) is 11.6 Å². The second kappa shape index (κ2) is 7.13. The highest BCUT2D eigenvalue weighted by atomic mass is 19.1. The monoisotopic (exact) mass is 317 g/mol. The molecule has 0 saturated heterocycles. The summed E-state index contributed by atoms with van der Waals surface area (Å²) in [5.74, 6) is 0.284. The maximum Gasteiger partial charge on any atom is 0.407 e. The average Bonchev–Trinajstić information content (AvgIpc) is 2.47. The minimum absolute atomic E-state index is 0.173. The summed E-state index contributed by atoms with van der Waals surface area (Å²) < 4.78 is 24.1. The molecule has 0 aliphatic carbocycles. The first kappa shape index (κ1) is 16.8. The van der Waals surface area contributed by atoms with E-state index in [-0.39, 0.29) is 5.75 Å². The van der Waals surface area contributed by atoms with Crippen LogP contribution >= 0.6 is 0 Å². The Hall–Kier alpha value is -2.56. The van der Waals surface area contributed by atoms with Crippen LogP contribution in [0.4, 0.5) is 9.18 Å². The molecule has 23 heavy (non-hydrogen) atoms. The number of hydrogen-bond donors (Lipinski definition) is 1. The van der Waals surface area contributed by atoms with Gasteiger partial charge >= 0.3 is 6.09 Å². The van der Waals surface area contributed by atoms with Crippen molar-refractivity contribution in [1.29, 1.82) is 0 Å². The smallest absolute Gasteiger partial charge is 0.407 e. The third-order valence-corrected chi connectivity index (χ3v) is 2.82. The van der Waals surface area contributed by atoms with Crippen LogP contribution in [0.5, 0.6) is 11.5 Å². The van der Waals surface area contributed by atoms with Crippen LogP contribution in [0.1, 0.15) is 26.3 Å². The number of alkyl carbamates (subject to hydrolysis) is 1. The van der Waals surface area contributed by atoms with Crippen molar-refractivity contribution in [1.82, 2.24) is 5.32 Å². The number of ether oxygens (including phenoxy) is 2. The third kappa shape index (κ3) is 5.62. The Morgan fingerprint density at radius 1 is 1.09 bits per heavy atom. The second-order valence-corrected chi connectivity index (χ2v) is 6.03. The highest BCUT2D eigenvalue weighted by Crippen LogP contribution is 2.24. The molecule has 0 aliphatic heterocycles. The normalized spacial score (nSPS) is 11.0. The molecule has 0 radical (unpaired) electrons. The van der Waals surface area contributed by atoms with E-state index in [1.54, 1.807) is 63.2 Å². The summed E-state index contributed by atoms with van der Waals surface area (Å²) >= 11 is 0. The Balaban J connectivity index is 1.90. The molecule has 0 heterocycles. The van der Waals surface area contributed by atoms with Gasteiger partial charge in [-0.15, -0.1) is 0 Å². The molecule has 0 unspecified atom stereocenters. The van der Waals surface area contributed by atoms with Crippen molar-refractivity contribution in [2.75, 3.05) is 0 Å². The number of carbonyl (C=O) groups excluding carboxylic acids is 1. The molecule has 0 fully saturated rings. The molecule has 5 heteroatoms. The van der Waals surface area contributed by atoms with E-state index in [2.05, 4.69) is 5.32 Å². The number of rotatable bonds is 4. The van der Waals surface area contributed by atoms with E-state index < -0.39 is 17.5 Å². The van der Waals surface area contributed by atoms with Gasteiger partial charge in [-0.1, -0.05) is 24.3 Å². The van der Waals surface area contributed by atoms with E-state index in [4.69, 9.17) is 9.47 Å². The Kier molecular flexibility index (Phi) is 5.21. The van der Waals surface area contributed by atoms with Gasteiger partial charge in [0.25, 0.3) is 0 Å². The standard InChI is InChI=1S/C18H20FNO3/c1-18(2,3)23-17(21)20-12-13-8-10-14(11-9-13)22-16-7-5-4-6-15(16)19/h4-11H,12H2,1-3H3,(H,20,21). The molecule has 0 spiro atoms. The van der Waals surface area contributed by atoms with Crippen LogP contribution in [0, 0.1) is 5.82 Å². The second-order valence-electron chi connectivity index (χ2n) is 6.03. The molecule has 0 aromatic heterocycles. The fourth-order valence-corrected chi connectivity index (χ4v) is 1.82. The van der Waals surface area contributed by atoms with E-state index in [9.17, 15) is 9.18 Å². The Bertz CT molecular complexity index is 663. The Morgan fingerprint density at radius 2 is 1.74 bits per heavy atom. The molecular formula is C18H20FNO3. The number of carbonyl (C=O) groups is 1. The van der Waals surface area contributed by atoms with Gasteiger partial charge in [0.05, 0.1) is 0 Å². The molecule has 0 atom stereocenters. The molecule has 122 valence electrons. The molecule has 2 rings (SSSR count). The summed E-state index contributed by atoms with van der Waals surface area (Å²) in [4.78, 5) is 11.6. The largest absolute Gasteiger partial charge is 0.454 e. The number of nitrogens with one attached hydrogen (secondary N) is 1. The Labute approximate surface area is 135 Å². The van der Waals surface area contributed by atoms with Crippen LogP contribution in [-0.2, 0) is 11.3 Å². The number of benzene rings is 2. The summed E-state index contributed by atoms with van der Waals surface area (Å²) in [5, 5.41) is 2.67. The average molecular weight is 317 g/mol. The molecule has 1 N–H and O–H groups in total. The molecule has 0 saturated carbocycles. The molecule has 2 aromatic carbocycles. The van der Waals surface area contributed by atoms with Crippen molar-refractivity contribution >= 4 is 6.09 Å². The number of hydrogen-bond acceptors (Lipinski definition) is 3. The van der Waals surface area contributed by atoms with Gasteiger partial charge in [-0.25, -0.2) is 9.18 Å². The molecule has 2 aromatic rings. The number of para-hydroxylation sites is 1. The van der Waals surface area contributed by atoms with Gasteiger partial charge in [-0.2, -0.15) is 0 Å². The maximum atomic E-state index is 13.5. The summed E-state index contributed by atoms with van der Waals surface area (Å²) in [6, 6.07) is 13.3. The van der Waals surface area contributed by atoms with Crippen molar-refractivity contribution in [3.63, 3.8) is 0 Å². The lowest BCUT2D eigenvalue weighted by atomic mass is 10.2. The molecular weight excluding hydrogens is 297 g/mol. The minimum atomic E-state index is -0.526. The highest BCUT2D eigenvalue weighted by molar-refractivity contribution is 5.67. The topological polar surface area (TPSA) is 47.6 Å². The predicted octanol–water partition coefficient (Wildman–Crippen LogP) is 4.64. The van der Waals surface area contributed by atoms with Gasteiger partial charge in [0.1, 0.15) is 11.4 Å². The minimum Gasteiger partial charge on any atom is -0.454 e. The number of amides is 1. The van der Waals surface area contributed by atoms with Crippen LogP contribution in [0.25, 0.3) is 0 Å². The summed E-state index contributed by atoms with van der Waals surface area (Å²) in [5.41, 5.74) is 0.360. The van der Waals surface area contributed by atoms with Crippen LogP contribution < -0.4 is 10.1 Å². The van der Waals surface area contributed by atoms with Crippen molar-refractivity contribution in [3.8, 4) is 11.5 Å². The van der Waals surface area contributed by atoms with Gasteiger partial charge in [-0.3, -0.25) is 0 Å². The van der Waals surface area contributed by atoms with E-state index >= 15 is 0 Å². The summed E-state index contributed by atoms with van der Waals surface area (Å²) in [6.07, 6.45) is -0.468. The zero-order chi connectivity index (χ0) is 16.9. The van der Waals surface area contributed by atoms with Gasteiger partial charge in [0.2, 0.25) is 0 Å². The first-order valence-corrected chi connectivity index (χ1v) is 7.32.